The van der Waals surface area contributed by atoms with E-state index in [0.29, 0.717) is 0 Å². The smallest absolute Gasteiger partial charge is 0.119 e. The number of rotatable bonds is 6. The van der Waals surface area contributed by atoms with Gasteiger partial charge in [0.25, 0.3) is 0 Å². The first-order valence-electron chi connectivity index (χ1n) is 8.90. The van der Waals surface area contributed by atoms with E-state index in [1.54, 1.807) is 13.8 Å². The second kappa shape index (κ2) is 8.55. The molecule has 0 saturated carbocycles. The lowest BCUT2D eigenvalue weighted by Gasteiger charge is -2.18. The predicted octanol–water partition coefficient (Wildman–Crippen LogP) is 6.15. The highest BCUT2D eigenvalue weighted by atomic mass is 79.9. The first-order chi connectivity index (χ1) is 12.9. The van der Waals surface area contributed by atoms with E-state index in [0.717, 1.165) is 32.5 Å². The summed E-state index contributed by atoms with van der Waals surface area (Å²) in [6.07, 6.45) is 0. The van der Waals surface area contributed by atoms with E-state index < -0.39 is 5.60 Å². The minimum Gasteiger partial charge on any atom is -0.491 e. The molecule has 0 aromatic heterocycles. The standard InChI is InChI=1S/C24H23BrO2/c1-24(2,26)17-27-21-15-13-20(14-16-21)23(25)22(18-9-5-3-6-10-18)19-11-7-4-8-12-19/h3-16,26H,17H2,1-2H3. The van der Waals surface area contributed by atoms with Crippen molar-refractivity contribution in [2.45, 2.75) is 19.4 Å². The Morgan fingerprint density at radius 1 is 0.778 bits per heavy atom. The molecule has 0 radical (unpaired) electrons. The van der Waals surface area contributed by atoms with Crippen molar-refractivity contribution in [2.24, 2.45) is 0 Å². The van der Waals surface area contributed by atoms with Gasteiger partial charge in [0.15, 0.2) is 0 Å². The van der Waals surface area contributed by atoms with Crippen LogP contribution in [0.3, 0.4) is 0 Å². The van der Waals surface area contributed by atoms with Gasteiger partial charge in [0.1, 0.15) is 12.4 Å². The molecule has 138 valence electrons. The van der Waals surface area contributed by atoms with Crippen LogP contribution in [0.2, 0.25) is 0 Å². The molecule has 27 heavy (non-hydrogen) atoms. The predicted molar refractivity (Wildman–Crippen MR) is 116 cm³/mol. The van der Waals surface area contributed by atoms with Crippen LogP contribution in [0.15, 0.2) is 84.9 Å². The lowest BCUT2D eigenvalue weighted by molar-refractivity contribution is 0.0285. The maximum Gasteiger partial charge on any atom is 0.119 e. The average Bonchev–Trinajstić information content (AvgIpc) is 2.68. The zero-order chi connectivity index (χ0) is 19.3. The van der Waals surface area contributed by atoms with Crippen molar-refractivity contribution in [2.75, 3.05) is 6.61 Å². The molecule has 0 saturated heterocycles. The summed E-state index contributed by atoms with van der Waals surface area (Å²) in [5.74, 6) is 0.738. The minimum atomic E-state index is -0.854. The second-order valence-corrected chi connectivity index (χ2v) is 7.84. The van der Waals surface area contributed by atoms with Gasteiger partial charge in [-0.3, -0.25) is 0 Å². The third kappa shape index (κ3) is 5.31. The van der Waals surface area contributed by atoms with Crippen molar-refractivity contribution >= 4 is 26.0 Å². The van der Waals surface area contributed by atoms with E-state index in [1.807, 2.05) is 60.7 Å². The minimum absolute atomic E-state index is 0.253. The molecule has 3 aromatic rings. The molecule has 0 fully saturated rings. The van der Waals surface area contributed by atoms with Crippen molar-refractivity contribution in [3.05, 3.63) is 102 Å². The van der Waals surface area contributed by atoms with Gasteiger partial charge in [0.05, 0.1) is 5.60 Å². The molecule has 0 amide bonds. The molecule has 3 heteroatoms. The molecular weight excluding hydrogens is 400 g/mol. The first-order valence-corrected chi connectivity index (χ1v) is 9.69. The van der Waals surface area contributed by atoms with Gasteiger partial charge >= 0.3 is 0 Å². The molecule has 0 bridgehead atoms. The third-order valence-corrected chi connectivity index (χ3v) is 4.90. The Hall–Kier alpha value is -2.36. The van der Waals surface area contributed by atoms with E-state index in [-0.39, 0.29) is 6.61 Å². The number of halogens is 1. The Bertz CT molecular complexity index is 851. The largest absolute Gasteiger partial charge is 0.491 e. The third-order valence-electron chi connectivity index (χ3n) is 4.04. The molecule has 1 N–H and O–H groups in total. The van der Waals surface area contributed by atoms with Gasteiger partial charge < -0.3 is 9.84 Å². The topological polar surface area (TPSA) is 29.5 Å². The summed E-state index contributed by atoms with van der Waals surface area (Å²) >= 11 is 3.82. The van der Waals surface area contributed by atoms with E-state index in [4.69, 9.17) is 4.74 Å². The van der Waals surface area contributed by atoms with Crippen LogP contribution < -0.4 is 4.74 Å². The average molecular weight is 423 g/mol. The highest BCUT2D eigenvalue weighted by molar-refractivity contribution is 9.15. The maximum absolute atomic E-state index is 9.81. The van der Waals surface area contributed by atoms with Crippen LogP contribution in [-0.4, -0.2) is 17.3 Å². The summed E-state index contributed by atoms with van der Waals surface area (Å²) in [6.45, 7) is 3.71. The highest BCUT2D eigenvalue weighted by Gasteiger charge is 2.14. The van der Waals surface area contributed by atoms with Crippen molar-refractivity contribution < 1.29 is 9.84 Å². The quantitative estimate of drug-likeness (QED) is 0.482. The number of hydrogen-bond acceptors (Lipinski definition) is 2. The number of ether oxygens (including phenoxy) is 1. The van der Waals surface area contributed by atoms with Gasteiger partial charge in [0.2, 0.25) is 0 Å². The van der Waals surface area contributed by atoms with Crippen molar-refractivity contribution in [1.29, 1.82) is 0 Å². The van der Waals surface area contributed by atoms with Gasteiger partial charge in [0, 0.05) is 10.1 Å². The molecule has 0 aliphatic rings. The Morgan fingerprint density at radius 2 is 1.26 bits per heavy atom. The molecular formula is C24H23BrO2. The zero-order valence-electron chi connectivity index (χ0n) is 15.5. The highest BCUT2D eigenvalue weighted by Crippen LogP contribution is 2.36. The van der Waals surface area contributed by atoms with Crippen molar-refractivity contribution in [1.82, 2.24) is 0 Å². The lowest BCUT2D eigenvalue weighted by atomic mass is 9.95. The Balaban J connectivity index is 1.97. The van der Waals surface area contributed by atoms with Crippen LogP contribution in [0.25, 0.3) is 10.1 Å². The summed E-state index contributed by atoms with van der Waals surface area (Å²) in [5.41, 5.74) is 3.65. The Labute approximate surface area is 169 Å². The van der Waals surface area contributed by atoms with E-state index >= 15 is 0 Å². The van der Waals surface area contributed by atoms with Gasteiger partial charge in [-0.25, -0.2) is 0 Å². The Morgan fingerprint density at radius 3 is 1.70 bits per heavy atom. The first kappa shape index (κ1) is 19.4. The van der Waals surface area contributed by atoms with E-state index in [2.05, 4.69) is 40.2 Å². The molecule has 0 heterocycles. The molecule has 0 spiro atoms. The van der Waals surface area contributed by atoms with Crippen molar-refractivity contribution in [3.63, 3.8) is 0 Å². The van der Waals surface area contributed by atoms with Gasteiger partial charge in [-0.05, 0) is 58.6 Å². The normalized spacial score (nSPS) is 11.1. The van der Waals surface area contributed by atoms with Crippen LogP contribution in [0.5, 0.6) is 5.75 Å². The van der Waals surface area contributed by atoms with Crippen molar-refractivity contribution in [3.8, 4) is 5.75 Å². The summed E-state index contributed by atoms with van der Waals surface area (Å²) in [7, 11) is 0. The maximum atomic E-state index is 9.81. The van der Waals surface area contributed by atoms with Gasteiger partial charge in [-0.2, -0.15) is 0 Å². The lowest BCUT2D eigenvalue weighted by Crippen LogP contribution is -2.27. The van der Waals surface area contributed by atoms with Crippen LogP contribution in [0.4, 0.5) is 0 Å². The zero-order valence-corrected chi connectivity index (χ0v) is 17.1. The summed E-state index contributed by atoms with van der Waals surface area (Å²) < 4.78 is 6.68. The number of benzene rings is 3. The van der Waals surface area contributed by atoms with E-state index in [9.17, 15) is 5.11 Å². The molecule has 0 unspecified atom stereocenters. The fraction of sp³-hybridized carbons (Fsp3) is 0.167. The monoisotopic (exact) mass is 422 g/mol. The number of hydrogen-bond donors (Lipinski definition) is 1. The molecule has 0 atom stereocenters. The number of aliphatic hydroxyl groups is 1. The fourth-order valence-electron chi connectivity index (χ4n) is 2.73. The van der Waals surface area contributed by atoms with Crippen LogP contribution in [-0.2, 0) is 0 Å². The fourth-order valence-corrected chi connectivity index (χ4v) is 3.45. The van der Waals surface area contributed by atoms with Gasteiger partial charge in [-0.15, -0.1) is 0 Å². The van der Waals surface area contributed by atoms with Crippen LogP contribution in [0, 0.1) is 0 Å². The molecule has 2 nitrogen and oxygen atoms in total. The summed E-state index contributed by atoms with van der Waals surface area (Å²) in [5, 5.41) is 9.81. The molecule has 3 rings (SSSR count). The van der Waals surface area contributed by atoms with Gasteiger partial charge in [-0.1, -0.05) is 72.8 Å². The van der Waals surface area contributed by atoms with Crippen LogP contribution >= 0.6 is 15.9 Å². The molecule has 0 aliphatic heterocycles. The SMILES string of the molecule is CC(C)(O)COc1ccc(C(Br)=C(c2ccccc2)c2ccccc2)cc1. The molecule has 3 aromatic carbocycles. The van der Waals surface area contributed by atoms with E-state index in [1.165, 1.54) is 0 Å². The van der Waals surface area contributed by atoms with Crippen LogP contribution in [0.1, 0.15) is 30.5 Å². The Kier molecular flexibility index (Phi) is 6.15. The summed E-state index contributed by atoms with van der Waals surface area (Å²) in [6, 6.07) is 28.6. The second-order valence-electron chi connectivity index (χ2n) is 7.05. The molecule has 0 aliphatic carbocycles. The summed E-state index contributed by atoms with van der Waals surface area (Å²) in [4.78, 5) is 0.